The Balaban J connectivity index is 1.89. The zero-order valence-corrected chi connectivity index (χ0v) is 11.3. The third-order valence-electron chi connectivity index (χ3n) is 3.86. The molecule has 6 atom stereocenters. The van der Waals surface area contributed by atoms with Gasteiger partial charge >= 0.3 is 0 Å². The second-order valence-electron chi connectivity index (χ2n) is 5.24. The summed E-state index contributed by atoms with van der Waals surface area (Å²) < 4.78 is 19.7. The highest BCUT2D eigenvalue weighted by Crippen LogP contribution is 2.33. The van der Waals surface area contributed by atoms with Crippen molar-refractivity contribution in [2.45, 2.75) is 43.5 Å². The van der Waals surface area contributed by atoms with E-state index < -0.39 is 37.1 Å². The molecule has 6 N–H and O–H groups in total. The van der Waals surface area contributed by atoms with Gasteiger partial charge in [0.05, 0.1) is 12.6 Å². The van der Waals surface area contributed by atoms with Gasteiger partial charge in [0.15, 0.2) is 17.8 Å². The van der Waals surface area contributed by atoms with Crippen LogP contribution in [0.25, 0.3) is 0 Å². The van der Waals surface area contributed by atoms with Crippen molar-refractivity contribution in [3.05, 3.63) is 0 Å². The minimum Gasteiger partial charge on any atom is -0.394 e. The van der Waals surface area contributed by atoms with Crippen LogP contribution < -0.4 is 11.5 Å². The van der Waals surface area contributed by atoms with Gasteiger partial charge in [-0.15, -0.1) is 5.10 Å². The molecule has 3 aliphatic heterocycles. The van der Waals surface area contributed by atoms with Crippen molar-refractivity contribution in [3.63, 3.8) is 0 Å². The fourth-order valence-electron chi connectivity index (χ4n) is 2.87. The van der Waals surface area contributed by atoms with E-state index in [1.807, 2.05) is 0 Å². The highest BCUT2D eigenvalue weighted by Gasteiger charge is 2.53. The molecule has 3 heterocycles. The average molecular weight is 300 g/mol. The Morgan fingerprint density at radius 2 is 2.14 bits per heavy atom. The molecule has 0 aromatic heterocycles. The Hall–Kier alpha value is -1.78. The van der Waals surface area contributed by atoms with Gasteiger partial charge in [0.25, 0.3) is 0 Å². The predicted molar refractivity (Wildman–Crippen MR) is 72.4 cm³/mol. The maximum Gasteiger partial charge on any atom is 0.240 e. The van der Waals surface area contributed by atoms with E-state index in [-0.39, 0.29) is 17.8 Å². The maximum absolute atomic E-state index is 14.3. The monoisotopic (exact) mass is 300 g/mol. The van der Waals surface area contributed by atoms with E-state index in [2.05, 4.69) is 15.1 Å². The number of nitrogens with two attached hydrogens (primary N) is 2. The molecule has 9 nitrogen and oxygen atoms in total. The second-order valence-corrected chi connectivity index (χ2v) is 5.24. The number of guanidine groups is 1. The Morgan fingerprint density at radius 3 is 2.76 bits per heavy atom. The van der Waals surface area contributed by atoms with E-state index >= 15 is 0 Å². The molecule has 0 aromatic rings. The van der Waals surface area contributed by atoms with Gasteiger partial charge in [-0.1, -0.05) is 0 Å². The first-order valence-electron chi connectivity index (χ1n) is 6.58. The van der Waals surface area contributed by atoms with Crippen molar-refractivity contribution in [3.8, 4) is 0 Å². The first kappa shape index (κ1) is 14.2. The van der Waals surface area contributed by atoms with Gasteiger partial charge in [0.1, 0.15) is 24.4 Å². The molecule has 116 valence electrons. The fourth-order valence-corrected chi connectivity index (χ4v) is 2.87. The van der Waals surface area contributed by atoms with Gasteiger partial charge in [0.2, 0.25) is 5.96 Å². The molecule has 0 aromatic carbocycles. The molecule has 0 spiro atoms. The fraction of sp³-hybridized carbons (Fsp3) is 0.727. The number of nitrogens with zero attached hydrogens (tertiary/aromatic N) is 4. The Bertz CT molecular complexity index is 538. The van der Waals surface area contributed by atoms with Gasteiger partial charge in [-0.3, -0.25) is 4.99 Å². The van der Waals surface area contributed by atoms with E-state index in [4.69, 9.17) is 21.3 Å². The van der Waals surface area contributed by atoms with Crippen LogP contribution in [0.4, 0.5) is 4.39 Å². The third kappa shape index (κ3) is 2.06. The van der Waals surface area contributed by atoms with Crippen molar-refractivity contribution < 1.29 is 19.3 Å². The molecule has 0 saturated carbocycles. The summed E-state index contributed by atoms with van der Waals surface area (Å²) in [6.07, 6.45) is -5.04. The van der Waals surface area contributed by atoms with Gasteiger partial charge in [0, 0.05) is 0 Å². The van der Waals surface area contributed by atoms with Crippen LogP contribution >= 0.6 is 0 Å². The van der Waals surface area contributed by atoms with Crippen LogP contribution in [0.2, 0.25) is 0 Å². The van der Waals surface area contributed by atoms with Crippen LogP contribution in [-0.4, -0.2) is 76.0 Å². The number of aliphatic imine (C=N–C) groups is 2. The number of hydrazone groups is 1. The minimum atomic E-state index is -1.67. The topological polar surface area (TPSA) is 142 Å². The van der Waals surface area contributed by atoms with E-state index in [1.165, 1.54) is 5.01 Å². The van der Waals surface area contributed by atoms with E-state index in [0.29, 0.717) is 5.84 Å². The molecule has 3 rings (SSSR count). The second kappa shape index (κ2) is 4.90. The number of ether oxygens (including phenoxy) is 1. The highest BCUT2D eigenvalue weighted by molar-refractivity contribution is 6.42. The highest BCUT2D eigenvalue weighted by atomic mass is 19.1. The summed E-state index contributed by atoms with van der Waals surface area (Å²) in [5.74, 6) is 0.349. The summed E-state index contributed by atoms with van der Waals surface area (Å²) in [6, 6.07) is -0.995. The summed E-state index contributed by atoms with van der Waals surface area (Å²) in [5.41, 5.74) is 11.3. The van der Waals surface area contributed by atoms with Crippen LogP contribution in [0.1, 0.15) is 6.92 Å². The van der Waals surface area contributed by atoms with Crippen molar-refractivity contribution in [2.24, 2.45) is 26.6 Å². The van der Waals surface area contributed by atoms with Gasteiger partial charge in [-0.05, 0) is 6.92 Å². The van der Waals surface area contributed by atoms with E-state index in [1.54, 1.807) is 6.92 Å². The van der Waals surface area contributed by atoms with Crippen molar-refractivity contribution in [1.82, 2.24) is 5.01 Å². The lowest BCUT2D eigenvalue weighted by Gasteiger charge is -2.31. The normalized spacial score (nSPS) is 42.5. The van der Waals surface area contributed by atoms with Crippen molar-refractivity contribution in [2.75, 3.05) is 6.61 Å². The summed E-state index contributed by atoms with van der Waals surface area (Å²) in [5, 5.41) is 24.3. The lowest BCUT2D eigenvalue weighted by molar-refractivity contribution is -0.0430. The molecule has 1 fully saturated rings. The SMILES string of the molecule is CC1N=C2C(N)=NC(N)=NN2C1[C@@H]1O[C@H](CO)[C@@H](O)[C@H]1F. The van der Waals surface area contributed by atoms with E-state index in [0.717, 1.165) is 0 Å². The van der Waals surface area contributed by atoms with E-state index in [9.17, 15) is 9.50 Å². The number of aliphatic hydroxyl groups excluding tert-OH is 2. The molecule has 0 bridgehead atoms. The maximum atomic E-state index is 14.3. The molecule has 10 heteroatoms. The lowest BCUT2D eigenvalue weighted by atomic mass is 9.99. The smallest absolute Gasteiger partial charge is 0.240 e. The number of rotatable bonds is 2. The summed E-state index contributed by atoms with van der Waals surface area (Å²) >= 11 is 0. The molecule has 21 heavy (non-hydrogen) atoms. The molecular weight excluding hydrogens is 283 g/mol. The van der Waals surface area contributed by atoms with Gasteiger partial charge < -0.3 is 26.4 Å². The lowest BCUT2D eigenvalue weighted by Crippen LogP contribution is -2.52. The minimum absolute atomic E-state index is 0.0572. The molecule has 1 saturated heterocycles. The number of amidine groups is 2. The molecule has 0 amide bonds. The molecule has 3 aliphatic rings. The Labute approximate surface area is 119 Å². The first-order valence-corrected chi connectivity index (χ1v) is 6.58. The van der Waals surface area contributed by atoms with Crippen LogP contribution in [0, 0.1) is 0 Å². The molecule has 2 unspecified atom stereocenters. The van der Waals surface area contributed by atoms with Crippen LogP contribution in [0.3, 0.4) is 0 Å². The largest absolute Gasteiger partial charge is 0.394 e. The average Bonchev–Trinajstić information content (AvgIpc) is 2.89. The number of halogens is 1. The van der Waals surface area contributed by atoms with Crippen molar-refractivity contribution >= 4 is 17.6 Å². The zero-order chi connectivity index (χ0) is 15.3. The zero-order valence-electron chi connectivity index (χ0n) is 11.3. The third-order valence-corrected chi connectivity index (χ3v) is 3.86. The molecular formula is C11H17FN6O3. The molecule has 0 aliphatic carbocycles. The van der Waals surface area contributed by atoms with Crippen LogP contribution in [-0.2, 0) is 4.74 Å². The van der Waals surface area contributed by atoms with Gasteiger partial charge in [-0.25, -0.2) is 9.40 Å². The number of hydrogen-bond acceptors (Lipinski definition) is 9. The number of alkyl halides is 1. The standard InChI is InChI=1S/C11H17FN6O3/c1-3-6(8-5(12)7(20)4(2-19)21-8)18-10(15-3)9(13)16-11(14)17-18/h3-8,19-20H,2H2,1H3,(H4,13,14,16,17)/t3?,4-,5-,6?,7-,8-/m1/s1. The number of aliphatic hydroxyl groups is 2. The van der Waals surface area contributed by atoms with Crippen LogP contribution in [0.15, 0.2) is 15.1 Å². The van der Waals surface area contributed by atoms with Crippen molar-refractivity contribution in [1.29, 1.82) is 0 Å². The van der Waals surface area contributed by atoms with Gasteiger partial charge in [-0.2, -0.15) is 4.99 Å². The predicted octanol–water partition coefficient (Wildman–Crippen LogP) is -2.48. The van der Waals surface area contributed by atoms with Crippen LogP contribution in [0.5, 0.6) is 0 Å². The number of fused-ring (bicyclic) bond motifs is 1. The quantitative estimate of drug-likeness (QED) is 0.445. The summed E-state index contributed by atoms with van der Waals surface area (Å²) in [7, 11) is 0. The molecule has 0 radical (unpaired) electrons. The Kier molecular flexibility index (Phi) is 3.30. The summed E-state index contributed by atoms with van der Waals surface area (Å²) in [4.78, 5) is 8.11. The first-order chi connectivity index (χ1) is 9.93. The Morgan fingerprint density at radius 1 is 1.43 bits per heavy atom. The number of hydrogen-bond donors (Lipinski definition) is 4. The summed E-state index contributed by atoms with van der Waals surface area (Å²) in [6.45, 7) is 1.28.